The first kappa shape index (κ1) is 17.5. The quantitative estimate of drug-likeness (QED) is 0.650. The molecule has 24 heavy (non-hydrogen) atoms. The van der Waals surface area contributed by atoms with Gasteiger partial charge in [-0.05, 0) is 61.4 Å². The molecule has 2 aromatic rings. The lowest BCUT2D eigenvalue weighted by molar-refractivity contribution is -0.134. The maximum Gasteiger partial charge on any atom is 0.314 e. The SMILES string of the molecule is CC(=O)Nc1ccc(OC(=O)CCOc2cc(C)cc(C)c2)cc1. The lowest BCUT2D eigenvalue weighted by Gasteiger charge is -2.09. The molecule has 0 saturated carbocycles. The molecular weight excluding hydrogens is 306 g/mol. The third-order valence-corrected chi connectivity index (χ3v) is 3.18. The molecule has 5 nitrogen and oxygen atoms in total. The molecule has 0 unspecified atom stereocenters. The summed E-state index contributed by atoms with van der Waals surface area (Å²) in [6, 6.07) is 12.5. The van der Waals surface area contributed by atoms with Gasteiger partial charge in [-0.15, -0.1) is 0 Å². The van der Waals surface area contributed by atoms with E-state index in [2.05, 4.69) is 11.4 Å². The Bertz CT molecular complexity index is 702. The highest BCUT2D eigenvalue weighted by atomic mass is 16.5. The molecule has 0 heterocycles. The zero-order valence-corrected chi connectivity index (χ0v) is 14.1. The molecular formula is C19H21NO4. The largest absolute Gasteiger partial charge is 0.493 e. The van der Waals surface area contributed by atoms with Crippen molar-refractivity contribution in [2.24, 2.45) is 0 Å². The number of carbonyl (C=O) groups is 2. The third-order valence-electron chi connectivity index (χ3n) is 3.18. The maximum atomic E-state index is 11.8. The predicted molar refractivity (Wildman–Crippen MR) is 92.4 cm³/mol. The van der Waals surface area contributed by atoms with E-state index >= 15 is 0 Å². The van der Waals surface area contributed by atoms with Crippen molar-refractivity contribution in [2.75, 3.05) is 11.9 Å². The molecule has 0 fully saturated rings. The van der Waals surface area contributed by atoms with Crippen LogP contribution in [0, 0.1) is 13.8 Å². The van der Waals surface area contributed by atoms with E-state index in [1.165, 1.54) is 6.92 Å². The summed E-state index contributed by atoms with van der Waals surface area (Å²) in [7, 11) is 0. The molecule has 1 amide bonds. The Balaban J connectivity index is 1.79. The van der Waals surface area contributed by atoms with E-state index in [9.17, 15) is 9.59 Å². The first-order valence-corrected chi connectivity index (χ1v) is 7.72. The number of amides is 1. The minimum atomic E-state index is -0.369. The Morgan fingerprint density at radius 2 is 1.58 bits per heavy atom. The van der Waals surface area contributed by atoms with Gasteiger partial charge in [-0.25, -0.2) is 0 Å². The Morgan fingerprint density at radius 3 is 2.17 bits per heavy atom. The lowest BCUT2D eigenvalue weighted by atomic mass is 10.1. The summed E-state index contributed by atoms with van der Waals surface area (Å²) in [5, 5.41) is 2.65. The van der Waals surface area contributed by atoms with Crippen LogP contribution >= 0.6 is 0 Å². The van der Waals surface area contributed by atoms with Crippen LogP contribution in [0.2, 0.25) is 0 Å². The van der Waals surface area contributed by atoms with E-state index in [-0.39, 0.29) is 24.9 Å². The highest BCUT2D eigenvalue weighted by Crippen LogP contribution is 2.18. The highest BCUT2D eigenvalue weighted by Gasteiger charge is 2.06. The van der Waals surface area contributed by atoms with Gasteiger partial charge in [0.15, 0.2) is 0 Å². The summed E-state index contributed by atoms with van der Waals surface area (Å²) in [4.78, 5) is 22.8. The third kappa shape index (κ3) is 5.76. The summed E-state index contributed by atoms with van der Waals surface area (Å²) < 4.78 is 10.8. The van der Waals surface area contributed by atoms with Gasteiger partial charge in [-0.2, -0.15) is 0 Å². The Hall–Kier alpha value is -2.82. The smallest absolute Gasteiger partial charge is 0.314 e. The van der Waals surface area contributed by atoms with Crippen LogP contribution in [0.25, 0.3) is 0 Å². The van der Waals surface area contributed by atoms with Gasteiger partial charge in [0.1, 0.15) is 11.5 Å². The predicted octanol–water partition coefficient (Wildman–Crippen LogP) is 3.64. The second-order valence-electron chi connectivity index (χ2n) is 5.60. The first-order valence-electron chi connectivity index (χ1n) is 7.72. The van der Waals surface area contributed by atoms with Crippen LogP contribution < -0.4 is 14.8 Å². The van der Waals surface area contributed by atoms with Crippen LogP contribution in [0.15, 0.2) is 42.5 Å². The Kier molecular flexibility index (Phi) is 5.95. The Labute approximate surface area is 141 Å². The van der Waals surface area contributed by atoms with Gasteiger partial charge < -0.3 is 14.8 Å². The molecule has 0 radical (unpaired) electrons. The number of hydrogen-bond donors (Lipinski definition) is 1. The molecule has 0 aliphatic heterocycles. The van der Waals surface area contributed by atoms with Crippen molar-refractivity contribution in [1.82, 2.24) is 0 Å². The van der Waals surface area contributed by atoms with Crippen LogP contribution in [0.1, 0.15) is 24.5 Å². The molecule has 2 rings (SSSR count). The minimum absolute atomic E-state index is 0.150. The van der Waals surface area contributed by atoms with Gasteiger partial charge in [0.2, 0.25) is 5.91 Å². The van der Waals surface area contributed by atoms with Gasteiger partial charge in [-0.3, -0.25) is 9.59 Å². The van der Waals surface area contributed by atoms with Crippen molar-refractivity contribution in [3.05, 3.63) is 53.6 Å². The fraction of sp³-hybridized carbons (Fsp3) is 0.263. The summed E-state index contributed by atoms with van der Waals surface area (Å²) >= 11 is 0. The lowest BCUT2D eigenvalue weighted by Crippen LogP contribution is -2.12. The molecule has 0 bridgehead atoms. The van der Waals surface area contributed by atoms with Gasteiger partial charge >= 0.3 is 5.97 Å². The standard InChI is InChI=1S/C19H21NO4/c1-13-10-14(2)12-18(11-13)23-9-8-19(22)24-17-6-4-16(5-7-17)20-15(3)21/h4-7,10-12H,8-9H2,1-3H3,(H,20,21). The van der Waals surface area contributed by atoms with Crippen LogP contribution in [0.3, 0.4) is 0 Å². The number of anilines is 1. The number of benzene rings is 2. The number of nitrogens with one attached hydrogen (secondary N) is 1. The van der Waals surface area contributed by atoms with Crippen molar-refractivity contribution in [1.29, 1.82) is 0 Å². The normalized spacial score (nSPS) is 10.1. The second-order valence-corrected chi connectivity index (χ2v) is 5.60. The van der Waals surface area contributed by atoms with Crippen molar-refractivity contribution in [3.63, 3.8) is 0 Å². The Morgan fingerprint density at radius 1 is 0.958 bits per heavy atom. The van der Waals surface area contributed by atoms with Crippen LogP contribution in [0.5, 0.6) is 11.5 Å². The monoisotopic (exact) mass is 327 g/mol. The average Bonchev–Trinajstić information content (AvgIpc) is 2.48. The van der Waals surface area contributed by atoms with Crippen molar-refractivity contribution in [2.45, 2.75) is 27.2 Å². The summed E-state index contributed by atoms with van der Waals surface area (Å²) in [6.45, 7) is 5.69. The summed E-state index contributed by atoms with van der Waals surface area (Å²) in [5.74, 6) is 0.662. The topological polar surface area (TPSA) is 64.6 Å². The van der Waals surface area contributed by atoms with Crippen molar-refractivity contribution in [3.8, 4) is 11.5 Å². The molecule has 0 aliphatic carbocycles. The molecule has 2 aromatic carbocycles. The molecule has 0 spiro atoms. The number of esters is 1. The zero-order chi connectivity index (χ0) is 17.5. The van der Waals surface area contributed by atoms with Crippen molar-refractivity contribution < 1.29 is 19.1 Å². The highest BCUT2D eigenvalue weighted by molar-refractivity contribution is 5.88. The zero-order valence-electron chi connectivity index (χ0n) is 14.1. The molecule has 0 aliphatic rings. The van der Waals surface area contributed by atoms with Gasteiger partial charge in [0.05, 0.1) is 13.0 Å². The van der Waals surface area contributed by atoms with Gasteiger partial charge in [-0.1, -0.05) is 6.07 Å². The van der Waals surface area contributed by atoms with Crippen molar-refractivity contribution >= 4 is 17.6 Å². The van der Waals surface area contributed by atoms with Crippen LogP contribution in [-0.2, 0) is 9.59 Å². The van der Waals surface area contributed by atoms with E-state index in [4.69, 9.17) is 9.47 Å². The summed E-state index contributed by atoms with van der Waals surface area (Å²) in [5.41, 5.74) is 2.89. The van der Waals surface area contributed by atoms with E-state index < -0.39 is 0 Å². The number of hydrogen-bond acceptors (Lipinski definition) is 4. The second kappa shape index (κ2) is 8.15. The maximum absolute atomic E-state index is 11.8. The molecule has 126 valence electrons. The van der Waals surface area contributed by atoms with E-state index in [1.54, 1.807) is 24.3 Å². The van der Waals surface area contributed by atoms with E-state index in [0.717, 1.165) is 16.9 Å². The fourth-order valence-electron chi connectivity index (χ4n) is 2.26. The number of aryl methyl sites for hydroxylation is 2. The number of rotatable bonds is 6. The number of ether oxygens (including phenoxy) is 2. The molecule has 0 aromatic heterocycles. The first-order chi connectivity index (χ1) is 11.4. The van der Waals surface area contributed by atoms with Crippen LogP contribution in [0.4, 0.5) is 5.69 Å². The molecule has 1 N–H and O–H groups in total. The molecule has 0 atom stereocenters. The molecule has 0 saturated heterocycles. The summed E-state index contributed by atoms with van der Waals surface area (Å²) in [6.07, 6.45) is 0.153. The van der Waals surface area contributed by atoms with Crippen LogP contribution in [-0.4, -0.2) is 18.5 Å². The minimum Gasteiger partial charge on any atom is -0.493 e. The fourth-order valence-corrected chi connectivity index (χ4v) is 2.26. The van der Waals surface area contributed by atoms with E-state index in [0.29, 0.717) is 11.4 Å². The number of carbonyl (C=O) groups excluding carboxylic acids is 2. The average molecular weight is 327 g/mol. The molecule has 5 heteroatoms. The van der Waals surface area contributed by atoms with Gasteiger partial charge in [0.25, 0.3) is 0 Å². The van der Waals surface area contributed by atoms with E-state index in [1.807, 2.05) is 26.0 Å². The van der Waals surface area contributed by atoms with Gasteiger partial charge in [0, 0.05) is 12.6 Å².